The third-order valence-electron chi connectivity index (χ3n) is 0.766. The first kappa shape index (κ1) is 5.99. The van der Waals surface area contributed by atoms with Crippen molar-refractivity contribution in [3.05, 3.63) is 29.1 Å². The molecule has 0 bridgehead atoms. The Hall–Kier alpha value is -1.14. The van der Waals surface area contributed by atoms with Gasteiger partial charge in [-0.25, -0.2) is 9.83 Å². The smallest absolute Gasteiger partial charge is 0.241 e. The molecule has 0 atom stereocenters. The first-order valence-corrected chi connectivity index (χ1v) is 2.55. The Morgan fingerprint density at radius 3 is 2.89 bits per heavy atom. The normalized spacial score (nSPS) is 8.44. The lowest BCUT2D eigenvalue weighted by molar-refractivity contribution is 1.18. The van der Waals surface area contributed by atoms with E-state index in [0.29, 0.717) is 5.69 Å². The van der Waals surface area contributed by atoms with Crippen molar-refractivity contribution < 1.29 is 0 Å². The minimum atomic E-state index is 0.208. The monoisotopic (exact) mass is 139 g/mol. The summed E-state index contributed by atoms with van der Waals surface area (Å²) >= 11 is 5.46. The molecule has 0 aromatic carbocycles. The molecule has 0 aliphatic carbocycles. The third kappa shape index (κ3) is 1.15. The summed E-state index contributed by atoms with van der Waals surface area (Å²) in [4.78, 5) is 10.3. The molecule has 44 valence electrons. The minimum Gasteiger partial charge on any atom is -0.256 e. The van der Waals surface area contributed by atoms with Gasteiger partial charge in [-0.15, -0.1) is 0 Å². The number of hydrogen-bond donors (Lipinski definition) is 0. The molecule has 0 saturated heterocycles. The van der Waals surface area contributed by atoms with Crippen LogP contribution in [-0.4, -0.2) is 9.97 Å². The summed E-state index contributed by atoms with van der Waals surface area (Å²) in [6, 6.07) is 0. The van der Waals surface area contributed by atoms with Crippen LogP contribution in [-0.2, 0) is 0 Å². The van der Waals surface area contributed by atoms with E-state index in [1.165, 1.54) is 12.5 Å². The molecular weight excluding hydrogens is 138 g/mol. The molecular formula is C5H2ClN3. The zero-order chi connectivity index (χ0) is 6.69. The maximum absolute atomic E-state index is 6.55. The van der Waals surface area contributed by atoms with Crippen LogP contribution < -0.4 is 0 Å². The van der Waals surface area contributed by atoms with Gasteiger partial charge in [0.05, 0.1) is 6.57 Å². The lowest BCUT2D eigenvalue weighted by Crippen LogP contribution is -1.75. The van der Waals surface area contributed by atoms with Gasteiger partial charge in [0.25, 0.3) is 0 Å². The summed E-state index contributed by atoms with van der Waals surface area (Å²) < 4.78 is 0. The number of rotatable bonds is 0. The van der Waals surface area contributed by atoms with Gasteiger partial charge in [0.15, 0.2) is 0 Å². The highest BCUT2D eigenvalue weighted by Crippen LogP contribution is 2.18. The number of aromatic nitrogens is 2. The van der Waals surface area contributed by atoms with E-state index in [4.69, 9.17) is 18.2 Å². The van der Waals surface area contributed by atoms with E-state index in [1.807, 2.05) is 0 Å². The van der Waals surface area contributed by atoms with Crippen LogP contribution in [0.15, 0.2) is 12.5 Å². The van der Waals surface area contributed by atoms with E-state index < -0.39 is 0 Å². The molecule has 1 rings (SSSR count). The van der Waals surface area contributed by atoms with E-state index in [-0.39, 0.29) is 5.15 Å². The summed E-state index contributed by atoms with van der Waals surface area (Å²) in [7, 11) is 0. The van der Waals surface area contributed by atoms with Gasteiger partial charge >= 0.3 is 0 Å². The second kappa shape index (κ2) is 2.42. The van der Waals surface area contributed by atoms with Crippen molar-refractivity contribution in [2.75, 3.05) is 0 Å². The maximum Gasteiger partial charge on any atom is 0.241 e. The Bertz CT molecular complexity index is 253. The van der Waals surface area contributed by atoms with Gasteiger partial charge in [-0.05, 0) is 0 Å². The van der Waals surface area contributed by atoms with Crippen LogP contribution in [0.1, 0.15) is 0 Å². The second-order valence-corrected chi connectivity index (χ2v) is 1.67. The number of nitrogens with zero attached hydrogens (tertiary/aromatic N) is 3. The molecule has 0 unspecified atom stereocenters. The zero-order valence-corrected chi connectivity index (χ0v) is 5.13. The SMILES string of the molecule is [C-]#[N+]c1cncnc1Cl. The molecule has 0 fully saturated rings. The van der Waals surface area contributed by atoms with Crippen molar-refractivity contribution in [3.8, 4) is 0 Å². The lowest BCUT2D eigenvalue weighted by Gasteiger charge is -1.87. The Morgan fingerprint density at radius 1 is 1.67 bits per heavy atom. The topological polar surface area (TPSA) is 30.1 Å². The van der Waals surface area contributed by atoms with Crippen molar-refractivity contribution in [3.63, 3.8) is 0 Å². The average Bonchev–Trinajstić information content (AvgIpc) is 1.89. The molecule has 0 amide bonds. The van der Waals surface area contributed by atoms with Crippen LogP contribution >= 0.6 is 11.6 Å². The Balaban J connectivity index is 3.20. The van der Waals surface area contributed by atoms with Crippen LogP contribution in [0.3, 0.4) is 0 Å². The molecule has 3 nitrogen and oxygen atoms in total. The predicted octanol–water partition coefficient (Wildman–Crippen LogP) is 1.68. The van der Waals surface area contributed by atoms with Gasteiger partial charge in [-0.2, -0.15) is 0 Å². The number of hydrogen-bond acceptors (Lipinski definition) is 2. The Kier molecular flexibility index (Phi) is 1.61. The Labute approximate surface area is 57.1 Å². The van der Waals surface area contributed by atoms with Gasteiger partial charge in [-0.1, -0.05) is 11.6 Å². The lowest BCUT2D eigenvalue weighted by atomic mass is 10.6. The predicted molar refractivity (Wildman–Crippen MR) is 33.3 cm³/mol. The quantitative estimate of drug-likeness (QED) is 0.404. The molecule has 0 N–H and O–H groups in total. The van der Waals surface area contributed by atoms with Crippen LogP contribution in [0.4, 0.5) is 5.69 Å². The molecule has 0 radical (unpaired) electrons. The fourth-order valence-corrected chi connectivity index (χ4v) is 0.517. The minimum absolute atomic E-state index is 0.208. The molecule has 0 aliphatic rings. The van der Waals surface area contributed by atoms with Crippen LogP contribution in [0, 0.1) is 6.57 Å². The molecule has 1 aromatic heterocycles. The average molecular weight is 140 g/mol. The van der Waals surface area contributed by atoms with Gasteiger partial charge < -0.3 is 0 Å². The maximum atomic E-state index is 6.55. The van der Waals surface area contributed by atoms with Crippen LogP contribution in [0.2, 0.25) is 5.15 Å². The van der Waals surface area contributed by atoms with Gasteiger partial charge in [0.2, 0.25) is 5.69 Å². The van der Waals surface area contributed by atoms with Gasteiger partial charge in [0.1, 0.15) is 11.5 Å². The zero-order valence-electron chi connectivity index (χ0n) is 4.37. The molecule has 0 spiro atoms. The Morgan fingerprint density at radius 2 is 2.44 bits per heavy atom. The van der Waals surface area contributed by atoms with Crippen LogP contribution in [0.5, 0.6) is 0 Å². The fourth-order valence-electron chi connectivity index (χ4n) is 0.382. The van der Waals surface area contributed by atoms with E-state index in [0.717, 1.165) is 0 Å². The molecule has 1 heterocycles. The first-order chi connectivity index (χ1) is 4.34. The van der Waals surface area contributed by atoms with E-state index >= 15 is 0 Å². The summed E-state index contributed by atoms with van der Waals surface area (Å²) in [6.07, 6.45) is 2.68. The highest BCUT2D eigenvalue weighted by Gasteiger charge is 1.96. The molecule has 9 heavy (non-hydrogen) atoms. The first-order valence-electron chi connectivity index (χ1n) is 2.17. The van der Waals surface area contributed by atoms with Gasteiger partial charge in [0, 0.05) is 6.20 Å². The summed E-state index contributed by atoms with van der Waals surface area (Å²) in [5, 5.41) is 0.208. The van der Waals surface area contributed by atoms with Crippen LogP contribution in [0.25, 0.3) is 4.85 Å². The van der Waals surface area contributed by atoms with Crippen molar-refractivity contribution >= 4 is 17.3 Å². The molecule has 4 heteroatoms. The largest absolute Gasteiger partial charge is 0.256 e. The van der Waals surface area contributed by atoms with Crippen molar-refractivity contribution in [2.45, 2.75) is 0 Å². The van der Waals surface area contributed by atoms with E-state index in [1.54, 1.807) is 0 Å². The number of halogens is 1. The van der Waals surface area contributed by atoms with E-state index in [9.17, 15) is 0 Å². The molecule has 0 saturated carbocycles. The molecule has 1 aromatic rings. The standard InChI is InChI=1S/C5H2ClN3/c1-7-4-2-8-3-9-5(4)6/h2-3H. The fraction of sp³-hybridized carbons (Fsp3) is 0. The highest BCUT2D eigenvalue weighted by atomic mass is 35.5. The van der Waals surface area contributed by atoms with Crippen molar-refractivity contribution in [2.24, 2.45) is 0 Å². The second-order valence-electron chi connectivity index (χ2n) is 1.31. The molecule has 0 aliphatic heterocycles. The van der Waals surface area contributed by atoms with Gasteiger partial charge in [-0.3, -0.25) is 4.98 Å². The van der Waals surface area contributed by atoms with Crippen molar-refractivity contribution in [1.82, 2.24) is 9.97 Å². The summed E-state index contributed by atoms with van der Waals surface area (Å²) in [5.74, 6) is 0. The van der Waals surface area contributed by atoms with E-state index in [2.05, 4.69) is 14.8 Å². The third-order valence-corrected chi connectivity index (χ3v) is 1.06. The summed E-state index contributed by atoms with van der Waals surface area (Å²) in [5.41, 5.74) is 0.291. The summed E-state index contributed by atoms with van der Waals surface area (Å²) in [6.45, 7) is 6.55. The van der Waals surface area contributed by atoms with Crippen molar-refractivity contribution in [1.29, 1.82) is 0 Å². The highest BCUT2D eigenvalue weighted by molar-refractivity contribution is 6.31.